The van der Waals surface area contributed by atoms with Gasteiger partial charge in [0.1, 0.15) is 0 Å². The van der Waals surface area contributed by atoms with E-state index in [-0.39, 0.29) is 35.9 Å². The smallest absolute Gasteiger partial charge is 0.310 e. The molecule has 0 amide bonds. The summed E-state index contributed by atoms with van der Waals surface area (Å²) in [7, 11) is 1.90. The van der Waals surface area contributed by atoms with E-state index in [2.05, 4.69) is 20.3 Å². The molecule has 0 spiro atoms. The average Bonchev–Trinajstić information content (AvgIpc) is 2.97. The van der Waals surface area contributed by atoms with Crippen LogP contribution >= 0.6 is 24.0 Å². The zero-order valence-corrected chi connectivity index (χ0v) is 17.0. The van der Waals surface area contributed by atoms with Gasteiger partial charge in [0.05, 0.1) is 25.3 Å². The maximum Gasteiger partial charge on any atom is 0.310 e. The molecule has 1 atom stereocenters. The summed E-state index contributed by atoms with van der Waals surface area (Å²) in [6.07, 6.45) is 5.65. The highest BCUT2D eigenvalue weighted by molar-refractivity contribution is 14.0. The number of guanidine groups is 1. The molecule has 0 saturated carbocycles. The van der Waals surface area contributed by atoms with Crippen LogP contribution in [0, 0.1) is 5.92 Å². The molecule has 1 aromatic rings. The fourth-order valence-corrected chi connectivity index (χ4v) is 2.77. The van der Waals surface area contributed by atoms with Gasteiger partial charge in [0.2, 0.25) is 0 Å². The Morgan fingerprint density at radius 3 is 2.92 bits per heavy atom. The number of rotatable bonds is 5. The van der Waals surface area contributed by atoms with E-state index in [1.54, 1.807) is 4.68 Å². The van der Waals surface area contributed by atoms with Gasteiger partial charge in [-0.3, -0.25) is 9.48 Å². The third kappa shape index (κ3) is 5.95. The van der Waals surface area contributed by atoms with Crippen LogP contribution in [0.25, 0.3) is 0 Å². The Labute approximate surface area is 160 Å². The van der Waals surface area contributed by atoms with Crippen LogP contribution < -0.4 is 5.32 Å². The third-order valence-electron chi connectivity index (χ3n) is 3.85. The number of piperidine rings is 1. The molecular weight excluding hydrogens is 421 g/mol. The summed E-state index contributed by atoms with van der Waals surface area (Å²) in [6, 6.07) is 0. The number of aromatic nitrogens is 2. The molecule has 0 aromatic carbocycles. The van der Waals surface area contributed by atoms with E-state index >= 15 is 0 Å². The van der Waals surface area contributed by atoms with Gasteiger partial charge in [-0.05, 0) is 26.7 Å². The number of halogens is 1. The van der Waals surface area contributed by atoms with Gasteiger partial charge in [-0.2, -0.15) is 5.10 Å². The second-order valence-electron chi connectivity index (χ2n) is 5.73. The van der Waals surface area contributed by atoms with E-state index in [0.717, 1.165) is 37.5 Å². The van der Waals surface area contributed by atoms with E-state index in [0.29, 0.717) is 19.7 Å². The van der Waals surface area contributed by atoms with Gasteiger partial charge in [-0.1, -0.05) is 0 Å². The van der Waals surface area contributed by atoms with Crippen molar-refractivity contribution in [3.63, 3.8) is 0 Å². The van der Waals surface area contributed by atoms with Crippen molar-refractivity contribution in [2.75, 3.05) is 26.2 Å². The summed E-state index contributed by atoms with van der Waals surface area (Å²) < 4.78 is 6.94. The molecule has 0 aliphatic carbocycles. The molecule has 136 valence electrons. The quantitative estimate of drug-likeness (QED) is 0.321. The summed E-state index contributed by atoms with van der Waals surface area (Å²) in [5, 5.41) is 7.48. The fourth-order valence-electron chi connectivity index (χ4n) is 2.77. The van der Waals surface area contributed by atoms with E-state index in [4.69, 9.17) is 4.74 Å². The molecule has 0 bridgehead atoms. The zero-order chi connectivity index (χ0) is 16.7. The van der Waals surface area contributed by atoms with Crippen molar-refractivity contribution in [2.24, 2.45) is 18.0 Å². The van der Waals surface area contributed by atoms with E-state index in [1.807, 2.05) is 33.3 Å². The van der Waals surface area contributed by atoms with Gasteiger partial charge in [-0.15, -0.1) is 24.0 Å². The van der Waals surface area contributed by atoms with Crippen molar-refractivity contribution in [3.8, 4) is 0 Å². The standard InChI is InChI=1S/C16H27N5O2.HI/c1-4-17-16(18-9-13-10-19-20(3)11-13)21-8-6-7-14(12-21)15(22)23-5-2;/h10-11,14H,4-9,12H2,1-3H3,(H,17,18);1H. The predicted octanol–water partition coefficient (Wildman–Crippen LogP) is 1.78. The molecule has 1 unspecified atom stereocenters. The first-order valence-corrected chi connectivity index (χ1v) is 8.31. The van der Waals surface area contributed by atoms with Gasteiger partial charge in [0.25, 0.3) is 0 Å². The second kappa shape index (κ2) is 10.5. The van der Waals surface area contributed by atoms with Gasteiger partial charge in [0.15, 0.2) is 5.96 Å². The van der Waals surface area contributed by atoms with Gasteiger partial charge in [-0.25, -0.2) is 4.99 Å². The van der Waals surface area contributed by atoms with Gasteiger partial charge >= 0.3 is 5.97 Å². The normalized spacial score (nSPS) is 18.0. The lowest BCUT2D eigenvalue weighted by atomic mass is 9.98. The number of esters is 1. The number of nitrogens with zero attached hydrogens (tertiary/aromatic N) is 4. The first kappa shape index (κ1) is 20.7. The molecule has 2 rings (SSSR count). The molecule has 1 aliphatic heterocycles. The van der Waals surface area contributed by atoms with Crippen molar-refractivity contribution in [1.82, 2.24) is 20.0 Å². The molecule has 1 N–H and O–H groups in total. The lowest BCUT2D eigenvalue weighted by Crippen LogP contribution is -2.48. The molecule has 24 heavy (non-hydrogen) atoms. The lowest BCUT2D eigenvalue weighted by molar-refractivity contribution is -0.149. The number of hydrogen-bond donors (Lipinski definition) is 1. The molecule has 8 heteroatoms. The Kier molecular flexibility index (Phi) is 9.09. The van der Waals surface area contributed by atoms with Crippen LogP contribution in [0.5, 0.6) is 0 Å². The highest BCUT2D eigenvalue weighted by atomic mass is 127. The Morgan fingerprint density at radius 1 is 1.50 bits per heavy atom. The van der Waals surface area contributed by atoms with Gasteiger partial charge in [0, 0.05) is 38.4 Å². The van der Waals surface area contributed by atoms with E-state index in [9.17, 15) is 4.79 Å². The second-order valence-corrected chi connectivity index (χ2v) is 5.73. The topological polar surface area (TPSA) is 71.8 Å². The number of likely N-dealkylation sites (tertiary alicyclic amines) is 1. The minimum absolute atomic E-state index is 0. The van der Waals surface area contributed by atoms with E-state index in [1.165, 1.54) is 0 Å². The third-order valence-corrected chi connectivity index (χ3v) is 3.85. The predicted molar refractivity (Wildman–Crippen MR) is 104 cm³/mol. The first-order valence-electron chi connectivity index (χ1n) is 8.31. The summed E-state index contributed by atoms with van der Waals surface area (Å²) in [5.74, 6) is 0.691. The van der Waals surface area contributed by atoms with E-state index < -0.39 is 0 Å². The first-order chi connectivity index (χ1) is 11.1. The summed E-state index contributed by atoms with van der Waals surface area (Å²) >= 11 is 0. The van der Waals surface area contributed by atoms with Crippen molar-refractivity contribution in [3.05, 3.63) is 18.0 Å². The summed E-state index contributed by atoms with van der Waals surface area (Å²) in [6.45, 7) is 7.28. The average molecular weight is 449 g/mol. The van der Waals surface area contributed by atoms with Crippen LogP contribution in [0.3, 0.4) is 0 Å². The molecular formula is C16H28IN5O2. The molecule has 1 saturated heterocycles. The Hall–Kier alpha value is -1.32. The van der Waals surface area contributed by atoms with Crippen molar-refractivity contribution in [1.29, 1.82) is 0 Å². The monoisotopic (exact) mass is 449 g/mol. The number of aliphatic imine (C=N–C) groups is 1. The number of nitrogens with one attached hydrogen (secondary N) is 1. The van der Waals surface area contributed by atoms with Crippen molar-refractivity contribution >= 4 is 35.9 Å². The Balaban J connectivity index is 0.00000288. The maximum absolute atomic E-state index is 12.0. The van der Waals surface area contributed by atoms with Crippen LogP contribution in [-0.4, -0.2) is 52.9 Å². The number of carbonyl (C=O) groups is 1. The van der Waals surface area contributed by atoms with Gasteiger partial charge < -0.3 is 15.0 Å². The highest BCUT2D eigenvalue weighted by Crippen LogP contribution is 2.18. The lowest BCUT2D eigenvalue weighted by Gasteiger charge is -2.34. The Bertz CT molecular complexity index is 546. The highest BCUT2D eigenvalue weighted by Gasteiger charge is 2.28. The molecule has 1 fully saturated rings. The number of carbonyl (C=O) groups excluding carboxylic acids is 1. The van der Waals surface area contributed by atoms with Crippen LogP contribution in [0.4, 0.5) is 0 Å². The van der Waals surface area contributed by atoms with Crippen molar-refractivity contribution < 1.29 is 9.53 Å². The minimum atomic E-state index is -0.0969. The molecule has 7 nitrogen and oxygen atoms in total. The largest absolute Gasteiger partial charge is 0.466 e. The number of hydrogen-bond acceptors (Lipinski definition) is 4. The van der Waals surface area contributed by atoms with Crippen LogP contribution in [0.1, 0.15) is 32.3 Å². The molecule has 0 radical (unpaired) electrons. The summed E-state index contributed by atoms with van der Waals surface area (Å²) in [4.78, 5) is 18.8. The van der Waals surface area contributed by atoms with Crippen LogP contribution in [0.2, 0.25) is 0 Å². The van der Waals surface area contributed by atoms with Crippen LogP contribution in [0.15, 0.2) is 17.4 Å². The maximum atomic E-state index is 12.0. The Morgan fingerprint density at radius 2 is 2.29 bits per heavy atom. The summed E-state index contributed by atoms with van der Waals surface area (Å²) in [5.41, 5.74) is 1.07. The zero-order valence-electron chi connectivity index (χ0n) is 14.7. The molecule has 1 aromatic heterocycles. The van der Waals surface area contributed by atoms with Crippen molar-refractivity contribution in [2.45, 2.75) is 33.2 Å². The SMILES string of the molecule is CCNC(=NCc1cnn(C)c1)N1CCCC(C(=O)OCC)C1.I. The fraction of sp³-hybridized carbons (Fsp3) is 0.688. The van der Waals surface area contributed by atoms with Crippen LogP contribution in [-0.2, 0) is 23.1 Å². The molecule has 2 heterocycles. The minimum Gasteiger partial charge on any atom is -0.466 e. The number of ether oxygens (including phenoxy) is 1. The molecule has 1 aliphatic rings. The number of aryl methyl sites for hydroxylation is 1.